The Kier molecular flexibility index (Phi) is 5.16. The summed E-state index contributed by atoms with van der Waals surface area (Å²) in [6.07, 6.45) is 5.00. The van der Waals surface area contributed by atoms with Crippen molar-refractivity contribution in [2.24, 2.45) is 11.7 Å². The summed E-state index contributed by atoms with van der Waals surface area (Å²) in [4.78, 5) is 24.0. The molecule has 25 heavy (non-hydrogen) atoms. The molecule has 1 aliphatic rings. The summed E-state index contributed by atoms with van der Waals surface area (Å²) in [6.45, 7) is 0. The van der Waals surface area contributed by atoms with E-state index in [2.05, 4.69) is 5.32 Å². The number of halogens is 1. The van der Waals surface area contributed by atoms with Crippen LogP contribution < -0.4 is 11.1 Å². The lowest BCUT2D eigenvalue weighted by atomic mass is 9.98. The number of primary amides is 1. The van der Waals surface area contributed by atoms with Crippen LogP contribution in [0.5, 0.6) is 0 Å². The highest BCUT2D eigenvalue weighted by molar-refractivity contribution is 5.95. The highest BCUT2D eigenvalue weighted by Gasteiger charge is 2.26. The standard InChI is InChI=1S/C19H21FN2O3/c20-14-7-5-13(6-8-14)16-9-10-17(25-16)19(24)22-15(18(21)23)11-12-3-1-2-4-12/h5-10,12,15H,1-4,11H2,(H2,21,23)(H,22,24)/t15-/m0/s1. The van der Waals surface area contributed by atoms with Gasteiger partial charge in [0.05, 0.1) is 0 Å². The SMILES string of the molecule is NC(=O)[C@H](CC1CCCC1)NC(=O)c1ccc(-c2ccc(F)cc2)o1. The van der Waals surface area contributed by atoms with Crippen LogP contribution in [0.3, 0.4) is 0 Å². The molecule has 1 atom stereocenters. The van der Waals surface area contributed by atoms with E-state index in [4.69, 9.17) is 10.2 Å². The Balaban J connectivity index is 1.67. The molecule has 1 heterocycles. The number of rotatable bonds is 6. The molecule has 1 saturated carbocycles. The van der Waals surface area contributed by atoms with Gasteiger partial charge in [0.2, 0.25) is 5.91 Å². The smallest absolute Gasteiger partial charge is 0.287 e. The van der Waals surface area contributed by atoms with Crippen LogP contribution in [0.4, 0.5) is 4.39 Å². The number of amides is 2. The van der Waals surface area contributed by atoms with Crippen molar-refractivity contribution in [3.63, 3.8) is 0 Å². The number of hydrogen-bond acceptors (Lipinski definition) is 3. The molecule has 0 unspecified atom stereocenters. The van der Waals surface area contributed by atoms with Gasteiger partial charge in [0.25, 0.3) is 5.91 Å². The van der Waals surface area contributed by atoms with E-state index in [1.807, 2.05) is 0 Å². The zero-order valence-electron chi connectivity index (χ0n) is 13.8. The second-order valence-electron chi connectivity index (χ2n) is 6.49. The molecular weight excluding hydrogens is 323 g/mol. The van der Waals surface area contributed by atoms with E-state index in [-0.39, 0.29) is 11.6 Å². The van der Waals surface area contributed by atoms with Gasteiger partial charge in [-0.05, 0) is 48.7 Å². The van der Waals surface area contributed by atoms with Crippen molar-refractivity contribution in [1.29, 1.82) is 0 Å². The zero-order valence-corrected chi connectivity index (χ0v) is 13.8. The van der Waals surface area contributed by atoms with Crippen molar-refractivity contribution in [3.05, 3.63) is 48.0 Å². The quantitative estimate of drug-likeness (QED) is 0.843. The van der Waals surface area contributed by atoms with Crippen LogP contribution in [0.2, 0.25) is 0 Å². The second-order valence-corrected chi connectivity index (χ2v) is 6.49. The number of furan rings is 1. The maximum atomic E-state index is 13.0. The van der Waals surface area contributed by atoms with Gasteiger partial charge in [-0.3, -0.25) is 9.59 Å². The van der Waals surface area contributed by atoms with Crippen molar-refractivity contribution in [1.82, 2.24) is 5.32 Å². The summed E-state index contributed by atoms with van der Waals surface area (Å²) in [5, 5.41) is 2.67. The first-order valence-corrected chi connectivity index (χ1v) is 8.49. The summed E-state index contributed by atoms with van der Waals surface area (Å²) >= 11 is 0. The first-order chi connectivity index (χ1) is 12.0. The summed E-state index contributed by atoms with van der Waals surface area (Å²) < 4.78 is 18.5. The van der Waals surface area contributed by atoms with Gasteiger partial charge in [-0.25, -0.2) is 4.39 Å². The summed E-state index contributed by atoms with van der Waals surface area (Å²) in [6, 6.07) is 8.25. The molecule has 1 aliphatic carbocycles. The molecule has 132 valence electrons. The molecule has 1 fully saturated rings. The highest BCUT2D eigenvalue weighted by atomic mass is 19.1. The second kappa shape index (κ2) is 7.51. The average Bonchev–Trinajstić information content (AvgIpc) is 3.26. The van der Waals surface area contributed by atoms with Crippen LogP contribution in [-0.2, 0) is 4.79 Å². The largest absolute Gasteiger partial charge is 0.451 e. The normalized spacial score (nSPS) is 15.9. The van der Waals surface area contributed by atoms with Crippen molar-refractivity contribution in [2.75, 3.05) is 0 Å². The Morgan fingerprint density at radius 3 is 2.48 bits per heavy atom. The van der Waals surface area contributed by atoms with E-state index >= 15 is 0 Å². The van der Waals surface area contributed by atoms with Crippen molar-refractivity contribution in [3.8, 4) is 11.3 Å². The molecule has 3 rings (SSSR count). The predicted molar refractivity (Wildman–Crippen MR) is 91.1 cm³/mol. The number of carbonyl (C=O) groups excluding carboxylic acids is 2. The Hall–Kier alpha value is -2.63. The van der Waals surface area contributed by atoms with Crippen LogP contribution in [0.1, 0.15) is 42.7 Å². The van der Waals surface area contributed by atoms with Crippen molar-refractivity contribution < 1.29 is 18.4 Å². The molecule has 6 heteroatoms. The topological polar surface area (TPSA) is 85.3 Å². The van der Waals surface area contributed by atoms with Crippen molar-refractivity contribution >= 4 is 11.8 Å². The Labute approximate surface area is 145 Å². The Morgan fingerprint density at radius 1 is 1.16 bits per heavy atom. The van der Waals surface area contributed by atoms with Gasteiger partial charge >= 0.3 is 0 Å². The highest BCUT2D eigenvalue weighted by Crippen LogP contribution is 2.29. The van der Waals surface area contributed by atoms with Gasteiger partial charge in [-0.1, -0.05) is 25.7 Å². The number of nitrogens with one attached hydrogen (secondary N) is 1. The number of carbonyl (C=O) groups is 2. The van der Waals surface area contributed by atoms with Gasteiger partial charge in [-0.2, -0.15) is 0 Å². The fourth-order valence-electron chi connectivity index (χ4n) is 3.28. The lowest BCUT2D eigenvalue weighted by Crippen LogP contribution is -2.45. The number of nitrogens with two attached hydrogens (primary N) is 1. The van der Waals surface area contributed by atoms with Crippen LogP contribution >= 0.6 is 0 Å². The van der Waals surface area contributed by atoms with E-state index in [9.17, 15) is 14.0 Å². The molecule has 2 amide bonds. The first kappa shape index (κ1) is 17.2. The lowest BCUT2D eigenvalue weighted by Gasteiger charge is -2.18. The Bertz CT molecular complexity index is 748. The fourth-order valence-corrected chi connectivity index (χ4v) is 3.28. The van der Waals surface area contributed by atoms with Gasteiger partial charge in [0, 0.05) is 5.56 Å². The minimum atomic E-state index is -0.699. The minimum absolute atomic E-state index is 0.0944. The summed E-state index contributed by atoms with van der Waals surface area (Å²) in [7, 11) is 0. The number of benzene rings is 1. The third kappa shape index (κ3) is 4.26. The third-order valence-electron chi connectivity index (χ3n) is 4.65. The predicted octanol–water partition coefficient (Wildman–Crippen LogP) is 3.25. The first-order valence-electron chi connectivity index (χ1n) is 8.49. The molecule has 0 radical (unpaired) electrons. The Morgan fingerprint density at radius 2 is 1.84 bits per heavy atom. The molecule has 0 bridgehead atoms. The summed E-state index contributed by atoms with van der Waals surface area (Å²) in [5.41, 5.74) is 6.10. The zero-order chi connectivity index (χ0) is 17.8. The molecule has 1 aromatic heterocycles. The molecule has 0 saturated heterocycles. The van der Waals surface area contributed by atoms with E-state index < -0.39 is 17.9 Å². The van der Waals surface area contributed by atoms with E-state index in [1.54, 1.807) is 18.2 Å². The van der Waals surface area contributed by atoms with Gasteiger partial charge in [0.15, 0.2) is 5.76 Å². The van der Waals surface area contributed by atoms with E-state index in [0.717, 1.165) is 25.7 Å². The van der Waals surface area contributed by atoms with Gasteiger partial charge in [0.1, 0.15) is 17.6 Å². The van der Waals surface area contributed by atoms with Crippen LogP contribution in [0.25, 0.3) is 11.3 Å². The van der Waals surface area contributed by atoms with Crippen LogP contribution in [-0.4, -0.2) is 17.9 Å². The monoisotopic (exact) mass is 344 g/mol. The lowest BCUT2D eigenvalue weighted by molar-refractivity contribution is -0.120. The maximum Gasteiger partial charge on any atom is 0.287 e. The van der Waals surface area contributed by atoms with Gasteiger partial charge < -0.3 is 15.5 Å². The van der Waals surface area contributed by atoms with E-state index in [0.29, 0.717) is 23.7 Å². The number of hydrogen-bond donors (Lipinski definition) is 2. The summed E-state index contributed by atoms with van der Waals surface area (Å²) in [5.74, 6) is -0.386. The minimum Gasteiger partial charge on any atom is -0.451 e. The molecule has 0 spiro atoms. The molecule has 5 nitrogen and oxygen atoms in total. The van der Waals surface area contributed by atoms with Gasteiger partial charge in [-0.15, -0.1) is 0 Å². The fraction of sp³-hybridized carbons (Fsp3) is 0.368. The maximum absolute atomic E-state index is 13.0. The molecule has 1 aromatic carbocycles. The molecule has 0 aliphatic heterocycles. The molecular formula is C19H21FN2O3. The van der Waals surface area contributed by atoms with Crippen LogP contribution in [0, 0.1) is 11.7 Å². The molecule has 3 N–H and O–H groups in total. The average molecular weight is 344 g/mol. The van der Waals surface area contributed by atoms with Crippen molar-refractivity contribution in [2.45, 2.75) is 38.1 Å². The molecule has 2 aromatic rings. The third-order valence-corrected chi connectivity index (χ3v) is 4.65. The van der Waals surface area contributed by atoms with E-state index in [1.165, 1.54) is 18.2 Å². The van der Waals surface area contributed by atoms with Crippen LogP contribution in [0.15, 0.2) is 40.8 Å².